The summed E-state index contributed by atoms with van der Waals surface area (Å²) in [6, 6.07) is 0. The molecule has 1 heterocycles. The summed E-state index contributed by atoms with van der Waals surface area (Å²) >= 11 is 0. The molecule has 2 saturated carbocycles. The van der Waals surface area contributed by atoms with Crippen molar-refractivity contribution in [2.24, 2.45) is 11.3 Å². The Morgan fingerprint density at radius 1 is 1.06 bits per heavy atom. The summed E-state index contributed by atoms with van der Waals surface area (Å²) in [6.07, 6.45) is 10.3. The first kappa shape index (κ1) is 12.0. The monoisotopic (exact) mass is 237 g/mol. The van der Waals surface area contributed by atoms with Gasteiger partial charge < -0.3 is 5.11 Å². The van der Waals surface area contributed by atoms with E-state index in [1.165, 1.54) is 51.6 Å². The quantitative estimate of drug-likeness (QED) is 0.798. The summed E-state index contributed by atoms with van der Waals surface area (Å²) < 4.78 is 0. The lowest BCUT2D eigenvalue weighted by molar-refractivity contribution is -0.0848. The van der Waals surface area contributed by atoms with Gasteiger partial charge in [-0.15, -0.1) is 0 Å². The molecule has 2 nitrogen and oxygen atoms in total. The van der Waals surface area contributed by atoms with Crippen molar-refractivity contribution in [1.29, 1.82) is 0 Å². The fourth-order valence-corrected chi connectivity index (χ4v) is 4.33. The van der Waals surface area contributed by atoms with Gasteiger partial charge in [0.25, 0.3) is 0 Å². The molecule has 98 valence electrons. The van der Waals surface area contributed by atoms with E-state index < -0.39 is 0 Å². The Morgan fingerprint density at radius 3 is 2.24 bits per heavy atom. The van der Waals surface area contributed by atoms with Crippen molar-refractivity contribution in [1.82, 2.24) is 4.90 Å². The first-order valence-electron chi connectivity index (χ1n) is 7.54. The van der Waals surface area contributed by atoms with Crippen LogP contribution < -0.4 is 0 Å². The van der Waals surface area contributed by atoms with Gasteiger partial charge in [-0.1, -0.05) is 19.8 Å². The second-order valence-corrected chi connectivity index (χ2v) is 7.26. The van der Waals surface area contributed by atoms with E-state index in [9.17, 15) is 5.11 Å². The highest BCUT2D eigenvalue weighted by Crippen LogP contribution is 2.46. The molecule has 1 aliphatic heterocycles. The zero-order chi connectivity index (χ0) is 11.9. The highest BCUT2D eigenvalue weighted by Gasteiger charge is 2.46. The Balaban J connectivity index is 1.48. The summed E-state index contributed by atoms with van der Waals surface area (Å²) in [5, 5.41) is 10.6. The van der Waals surface area contributed by atoms with Crippen molar-refractivity contribution in [3.05, 3.63) is 0 Å². The molecule has 0 atom stereocenters. The van der Waals surface area contributed by atoms with E-state index in [0.717, 1.165) is 25.3 Å². The lowest BCUT2D eigenvalue weighted by Crippen LogP contribution is -2.59. The zero-order valence-electron chi connectivity index (χ0n) is 11.2. The van der Waals surface area contributed by atoms with Crippen LogP contribution >= 0.6 is 0 Å². The van der Waals surface area contributed by atoms with Crippen LogP contribution in [0.15, 0.2) is 0 Å². The molecule has 3 rings (SSSR count). The Bertz CT molecular complexity index is 267. The van der Waals surface area contributed by atoms with E-state index in [0.29, 0.717) is 5.41 Å². The van der Waals surface area contributed by atoms with E-state index in [2.05, 4.69) is 11.8 Å². The molecule has 0 amide bonds. The second kappa shape index (κ2) is 4.24. The van der Waals surface area contributed by atoms with Crippen molar-refractivity contribution in [3.8, 4) is 0 Å². The maximum atomic E-state index is 10.6. The van der Waals surface area contributed by atoms with Crippen LogP contribution in [0.4, 0.5) is 0 Å². The lowest BCUT2D eigenvalue weighted by Gasteiger charge is -2.51. The van der Waals surface area contributed by atoms with Gasteiger partial charge >= 0.3 is 0 Å². The highest BCUT2D eigenvalue weighted by molar-refractivity contribution is 5.00. The van der Waals surface area contributed by atoms with Gasteiger partial charge in [0.2, 0.25) is 0 Å². The number of rotatable bonds is 2. The van der Waals surface area contributed by atoms with Gasteiger partial charge in [-0.3, -0.25) is 4.90 Å². The van der Waals surface area contributed by atoms with Crippen molar-refractivity contribution >= 4 is 0 Å². The van der Waals surface area contributed by atoms with Crippen LogP contribution in [-0.2, 0) is 0 Å². The summed E-state index contributed by atoms with van der Waals surface area (Å²) in [5.74, 6) is 0.827. The predicted octanol–water partition coefficient (Wildman–Crippen LogP) is 2.80. The number of aliphatic hydroxyl groups is 1. The maximum Gasteiger partial charge on any atom is 0.0774 e. The number of β-amino-alcohol motifs (C(OH)–C–C–N with tert-alkyl or cyclic N) is 1. The third-order valence-electron chi connectivity index (χ3n) is 5.51. The number of likely N-dealkylation sites (tertiary alicyclic amines) is 1. The Kier molecular flexibility index (Phi) is 2.99. The summed E-state index contributed by atoms with van der Waals surface area (Å²) in [6.45, 7) is 5.80. The van der Waals surface area contributed by atoms with Crippen LogP contribution in [0.3, 0.4) is 0 Å². The Labute approximate surface area is 105 Å². The molecule has 2 heteroatoms. The molecule has 1 spiro atoms. The molecule has 1 N–H and O–H groups in total. The minimum Gasteiger partial charge on any atom is -0.389 e. The molecule has 0 bridgehead atoms. The number of nitrogens with zero attached hydrogens (tertiary/aromatic N) is 1. The van der Waals surface area contributed by atoms with E-state index in [-0.39, 0.29) is 5.60 Å². The molecule has 17 heavy (non-hydrogen) atoms. The fourth-order valence-electron chi connectivity index (χ4n) is 4.33. The van der Waals surface area contributed by atoms with Crippen LogP contribution in [0, 0.1) is 11.3 Å². The molecule has 1 saturated heterocycles. The smallest absolute Gasteiger partial charge is 0.0774 e. The maximum absolute atomic E-state index is 10.6. The molecule has 3 aliphatic rings. The molecule has 0 aromatic carbocycles. The Hall–Kier alpha value is -0.0800. The predicted molar refractivity (Wildman–Crippen MR) is 69.9 cm³/mol. The summed E-state index contributed by atoms with van der Waals surface area (Å²) in [4.78, 5) is 2.52. The van der Waals surface area contributed by atoms with Crippen LogP contribution in [0.2, 0.25) is 0 Å². The lowest BCUT2D eigenvalue weighted by atomic mass is 9.75. The van der Waals surface area contributed by atoms with Crippen LogP contribution in [0.5, 0.6) is 0 Å². The fraction of sp³-hybridized carbons (Fsp3) is 1.00. The number of hydrogen-bond acceptors (Lipinski definition) is 2. The third-order valence-corrected chi connectivity index (χ3v) is 5.51. The van der Waals surface area contributed by atoms with Gasteiger partial charge in [-0.25, -0.2) is 0 Å². The summed E-state index contributed by atoms with van der Waals surface area (Å²) in [7, 11) is 0. The van der Waals surface area contributed by atoms with Gasteiger partial charge in [0, 0.05) is 19.6 Å². The Morgan fingerprint density at radius 2 is 1.65 bits per heavy atom. The van der Waals surface area contributed by atoms with Crippen LogP contribution in [0.25, 0.3) is 0 Å². The van der Waals surface area contributed by atoms with Crippen molar-refractivity contribution < 1.29 is 5.11 Å². The van der Waals surface area contributed by atoms with Crippen molar-refractivity contribution in [3.63, 3.8) is 0 Å². The molecule has 0 unspecified atom stereocenters. The molecule has 0 aromatic rings. The first-order valence-corrected chi connectivity index (χ1v) is 7.54. The average Bonchev–Trinajstić information content (AvgIpc) is 2.72. The molecule has 0 aromatic heterocycles. The van der Waals surface area contributed by atoms with E-state index >= 15 is 0 Å². The first-order chi connectivity index (χ1) is 8.09. The van der Waals surface area contributed by atoms with Crippen molar-refractivity contribution in [2.45, 2.75) is 63.9 Å². The van der Waals surface area contributed by atoms with Gasteiger partial charge in [0.05, 0.1) is 5.60 Å². The SMILES string of the molecule is CC1CCC(O)(CN2CC3(CCCC3)C2)CC1. The minimum atomic E-state index is -0.354. The zero-order valence-corrected chi connectivity index (χ0v) is 11.2. The second-order valence-electron chi connectivity index (χ2n) is 7.26. The molecule has 0 radical (unpaired) electrons. The molecule has 3 fully saturated rings. The van der Waals surface area contributed by atoms with E-state index in [4.69, 9.17) is 0 Å². The molecule has 2 aliphatic carbocycles. The van der Waals surface area contributed by atoms with Crippen LogP contribution in [0.1, 0.15) is 58.3 Å². The molecular weight excluding hydrogens is 210 g/mol. The average molecular weight is 237 g/mol. The minimum absolute atomic E-state index is 0.354. The normalized spacial score (nSPS) is 41.6. The topological polar surface area (TPSA) is 23.5 Å². The van der Waals surface area contributed by atoms with Gasteiger partial charge in [0.1, 0.15) is 0 Å². The summed E-state index contributed by atoms with van der Waals surface area (Å²) in [5.41, 5.74) is 0.324. The van der Waals surface area contributed by atoms with Crippen LogP contribution in [-0.4, -0.2) is 35.2 Å². The largest absolute Gasteiger partial charge is 0.389 e. The van der Waals surface area contributed by atoms with Gasteiger partial charge in [-0.2, -0.15) is 0 Å². The van der Waals surface area contributed by atoms with E-state index in [1.807, 2.05) is 0 Å². The highest BCUT2D eigenvalue weighted by atomic mass is 16.3. The standard InChI is InChI=1S/C15H27NO/c1-13-4-8-15(17,9-5-13)12-16-10-14(11-16)6-2-3-7-14/h13,17H,2-12H2,1H3. The molecular formula is C15H27NO. The van der Waals surface area contributed by atoms with Gasteiger partial charge in [-0.05, 0) is 49.9 Å². The van der Waals surface area contributed by atoms with Gasteiger partial charge in [0.15, 0.2) is 0 Å². The third kappa shape index (κ3) is 2.39. The van der Waals surface area contributed by atoms with Crippen molar-refractivity contribution in [2.75, 3.05) is 19.6 Å². The number of hydrogen-bond donors (Lipinski definition) is 1. The van der Waals surface area contributed by atoms with E-state index in [1.54, 1.807) is 0 Å².